The molecule has 0 unspecified atom stereocenters. The highest BCUT2D eigenvalue weighted by atomic mass is 35.5. The summed E-state index contributed by atoms with van der Waals surface area (Å²) in [5.41, 5.74) is 1.02. The number of aromatic nitrogens is 1. The van der Waals surface area contributed by atoms with Gasteiger partial charge in [-0.2, -0.15) is 0 Å². The van der Waals surface area contributed by atoms with Gasteiger partial charge in [-0.3, -0.25) is 9.69 Å². The monoisotopic (exact) mass is 387 g/mol. The van der Waals surface area contributed by atoms with Crippen molar-refractivity contribution < 1.29 is 9.21 Å². The maximum Gasteiger partial charge on any atom is 0.237 e. The highest BCUT2D eigenvalue weighted by Crippen LogP contribution is 2.32. The molecule has 0 radical (unpaired) electrons. The number of amides is 1. The summed E-state index contributed by atoms with van der Waals surface area (Å²) < 4.78 is 6.02. The molecule has 1 atom stereocenters. The zero-order valence-electron chi connectivity index (χ0n) is 15.6. The first-order valence-electron chi connectivity index (χ1n) is 9.90. The van der Waals surface area contributed by atoms with Crippen LogP contribution in [0.25, 0.3) is 0 Å². The fourth-order valence-electron chi connectivity index (χ4n) is 4.11. The van der Waals surface area contributed by atoms with Gasteiger partial charge in [-0.05, 0) is 50.4 Å². The lowest BCUT2D eigenvalue weighted by molar-refractivity contribution is -0.134. The smallest absolute Gasteiger partial charge is 0.237 e. The molecule has 1 aromatic carbocycles. The number of oxazole rings is 1. The molecule has 2 aromatic rings. The van der Waals surface area contributed by atoms with Crippen molar-refractivity contribution in [2.75, 3.05) is 26.2 Å². The first kappa shape index (κ1) is 18.5. The standard InChI is InChI=1S/C21H26ClN3O2/c22-18-8-3-2-7-16(18)13-17-14-23-21(27-17)19-9-6-12-25(19)20(26)15-24-10-4-1-5-11-24/h2-3,7-8,14,19H,1,4-6,9-13,15H2/t19-/m1/s1. The maximum absolute atomic E-state index is 12.8. The van der Waals surface area contributed by atoms with E-state index in [1.165, 1.54) is 19.3 Å². The summed E-state index contributed by atoms with van der Waals surface area (Å²) in [6.07, 6.45) is 7.97. The molecule has 2 aliphatic rings. The van der Waals surface area contributed by atoms with Gasteiger partial charge in [-0.15, -0.1) is 0 Å². The minimum Gasteiger partial charge on any atom is -0.443 e. The van der Waals surface area contributed by atoms with E-state index in [9.17, 15) is 4.79 Å². The van der Waals surface area contributed by atoms with Crippen LogP contribution in [0.5, 0.6) is 0 Å². The van der Waals surface area contributed by atoms with Gasteiger partial charge in [-0.25, -0.2) is 4.98 Å². The second kappa shape index (κ2) is 8.44. The normalized spacial score (nSPS) is 20.9. The average molecular weight is 388 g/mol. The van der Waals surface area contributed by atoms with Crippen LogP contribution in [0, 0.1) is 0 Å². The van der Waals surface area contributed by atoms with Crippen LogP contribution in [-0.4, -0.2) is 46.9 Å². The minimum atomic E-state index is -0.0396. The van der Waals surface area contributed by atoms with Crippen molar-refractivity contribution in [3.63, 3.8) is 0 Å². The fourth-order valence-corrected chi connectivity index (χ4v) is 4.31. The third kappa shape index (κ3) is 4.36. The minimum absolute atomic E-state index is 0.0396. The van der Waals surface area contributed by atoms with Crippen LogP contribution in [0.4, 0.5) is 0 Å². The Morgan fingerprint density at radius 2 is 1.96 bits per heavy atom. The summed E-state index contributed by atoms with van der Waals surface area (Å²) in [5, 5.41) is 0.731. The Labute approximate surface area is 165 Å². The Morgan fingerprint density at radius 3 is 2.78 bits per heavy atom. The van der Waals surface area contributed by atoms with Gasteiger partial charge in [0.05, 0.1) is 12.7 Å². The number of benzene rings is 1. The highest BCUT2D eigenvalue weighted by molar-refractivity contribution is 6.31. The van der Waals surface area contributed by atoms with Crippen LogP contribution in [0.15, 0.2) is 34.9 Å². The number of carbonyl (C=O) groups excluding carboxylic acids is 1. The fraction of sp³-hybridized carbons (Fsp3) is 0.524. The number of piperidine rings is 1. The third-order valence-corrected chi connectivity index (χ3v) is 5.93. The topological polar surface area (TPSA) is 49.6 Å². The van der Waals surface area contributed by atoms with Gasteiger partial charge in [0.1, 0.15) is 11.8 Å². The number of likely N-dealkylation sites (tertiary alicyclic amines) is 2. The second-order valence-electron chi connectivity index (χ2n) is 7.51. The Kier molecular flexibility index (Phi) is 5.79. The molecule has 3 heterocycles. The largest absolute Gasteiger partial charge is 0.443 e. The van der Waals surface area contributed by atoms with Crippen molar-refractivity contribution >= 4 is 17.5 Å². The first-order valence-corrected chi connectivity index (χ1v) is 10.3. The molecular formula is C21H26ClN3O2. The molecule has 0 aliphatic carbocycles. The lowest BCUT2D eigenvalue weighted by Crippen LogP contribution is -2.42. The molecular weight excluding hydrogens is 362 g/mol. The van der Waals surface area contributed by atoms with Gasteiger partial charge in [0.15, 0.2) is 0 Å². The van der Waals surface area contributed by atoms with E-state index in [4.69, 9.17) is 16.0 Å². The number of hydrogen-bond acceptors (Lipinski definition) is 4. The van der Waals surface area contributed by atoms with Crippen molar-refractivity contribution in [3.05, 3.63) is 52.7 Å². The molecule has 1 amide bonds. The van der Waals surface area contributed by atoms with Gasteiger partial charge in [0.25, 0.3) is 0 Å². The first-order chi connectivity index (χ1) is 13.2. The van der Waals surface area contributed by atoms with Crippen molar-refractivity contribution in [1.29, 1.82) is 0 Å². The molecule has 5 nitrogen and oxygen atoms in total. The Morgan fingerprint density at radius 1 is 1.15 bits per heavy atom. The SMILES string of the molecule is O=C(CN1CCCCC1)N1CCC[C@@H]1c1ncc(Cc2ccccc2Cl)o1. The van der Waals surface area contributed by atoms with E-state index in [1.54, 1.807) is 6.20 Å². The molecule has 0 spiro atoms. The molecule has 1 aromatic heterocycles. The number of hydrogen-bond donors (Lipinski definition) is 0. The Balaban J connectivity index is 1.42. The third-order valence-electron chi connectivity index (χ3n) is 5.56. The molecule has 0 N–H and O–H groups in total. The molecule has 2 saturated heterocycles. The molecule has 0 saturated carbocycles. The molecule has 27 heavy (non-hydrogen) atoms. The van der Waals surface area contributed by atoms with Crippen LogP contribution in [-0.2, 0) is 11.2 Å². The average Bonchev–Trinajstić information content (AvgIpc) is 3.33. The number of carbonyl (C=O) groups is 1. The Hall–Kier alpha value is -1.85. The summed E-state index contributed by atoms with van der Waals surface area (Å²) in [6, 6.07) is 7.72. The zero-order chi connectivity index (χ0) is 18.6. The van der Waals surface area contributed by atoms with Crippen molar-refractivity contribution in [2.24, 2.45) is 0 Å². The molecule has 4 rings (SSSR count). The molecule has 6 heteroatoms. The molecule has 2 aliphatic heterocycles. The van der Waals surface area contributed by atoms with E-state index >= 15 is 0 Å². The van der Waals surface area contributed by atoms with Gasteiger partial charge >= 0.3 is 0 Å². The van der Waals surface area contributed by atoms with Crippen molar-refractivity contribution in [2.45, 2.75) is 44.6 Å². The van der Waals surface area contributed by atoms with Gasteiger partial charge < -0.3 is 9.32 Å². The van der Waals surface area contributed by atoms with Gasteiger partial charge in [-0.1, -0.05) is 36.2 Å². The molecule has 2 fully saturated rings. The quantitative estimate of drug-likeness (QED) is 0.776. The maximum atomic E-state index is 12.8. The summed E-state index contributed by atoms with van der Waals surface area (Å²) >= 11 is 6.25. The van der Waals surface area contributed by atoms with E-state index in [-0.39, 0.29) is 11.9 Å². The van der Waals surface area contributed by atoms with Crippen LogP contribution < -0.4 is 0 Å². The number of nitrogens with zero attached hydrogens (tertiary/aromatic N) is 3. The lowest BCUT2D eigenvalue weighted by atomic mass is 10.1. The number of halogens is 1. The van der Waals surface area contributed by atoms with Crippen LogP contribution >= 0.6 is 11.6 Å². The van der Waals surface area contributed by atoms with Gasteiger partial charge in [0.2, 0.25) is 11.8 Å². The lowest BCUT2D eigenvalue weighted by Gasteiger charge is -2.29. The summed E-state index contributed by atoms with van der Waals surface area (Å²) in [7, 11) is 0. The van der Waals surface area contributed by atoms with E-state index in [0.717, 1.165) is 48.8 Å². The second-order valence-corrected chi connectivity index (χ2v) is 7.92. The van der Waals surface area contributed by atoms with E-state index in [0.29, 0.717) is 18.9 Å². The molecule has 0 bridgehead atoms. The molecule has 144 valence electrons. The van der Waals surface area contributed by atoms with E-state index in [2.05, 4.69) is 9.88 Å². The van der Waals surface area contributed by atoms with Crippen LogP contribution in [0.3, 0.4) is 0 Å². The summed E-state index contributed by atoms with van der Waals surface area (Å²) in [6.45, 7) is 3.37. The predicted molar refractivity (Wildman–Crippen MR) is 105 cm³/mol. The number of rotatable bonds is 5. The summed E-state index contributed by atoms with van der Waals surface area (Å²) in [4.78, 5) is 21.6. The highest BCUT2D eigenvalue weighted by Gasteiger charge is 2.34. The van der Waals surface area contributed by atoms with E-state index in [1.807, 2.05) is 29.2 Å². The van der Waals surface area contributed by atoms with Crippen LogP contribution in [0.2, 0.25) is 5.02 Å². The van der Waals surface area contributed by atoms with Crippen molar-refractivity contribution in [3.8, 4) is 0 Å². The zero-order valence-corrected chi connectivity index (χ0v) is 16.3. The van der Waals surface area contributed by atoms with Gasteiger partial charge in [0, 0.05) is 18.0 Å². The van der Waals surface area contributed by atoms with Crippen LogP contribution in [0.1, 0.15) is 55.4 Å². The van der Waals surface area contributed by atoms with E-state index < -0.39 is 0 Å². The van der Waals surface area contributed by atoms with Crippen molar-refractivity contribution in [1.82, 2.24) is 14.8 Å². The predicted octanol–water partition coefficient (Wildman–Crippen LogP) is 4.07. The Bertz CT molecular complexity index is 785. The summed E-state index contributed by atoms with van der Waals surface area (Å²) in [5.74, 6) is 1.64.